The van der Waals surface area contributed by atoms with Crippen molar-refractivity contribution in [3.05, 3.63) is 66.8 Å². The third-order valence-electron chi connectivity index (χ3n) is 4.63. The average Bonchev–Trinajstić information content (AvgIpc) is 2.99. The summed E-state index contributed by atoms with van der Waals surface area (Å²) in [5.41, 5.74) is 3.85. The molecule has 25 heavy (non-hydrogen) atoms. The molecule has 1 unspecified atom stereocenters. The largest absolute Gasteiger partial charge is 0.330 e. The van der Waals surface area contributed by atoms with Crippen LogP contribution in [0.2, 0.25) is 0 Å². The van der Waals surface area contributed by atoms with Crippen LogP contribution in [-0.2, 0) is 6.42 Å². The lowest BCUT2D eigenvalue weighted by Crippen LogP contribution is -2.39. The van der Waals surface area contributed by atoms with Gasteiger partial charge < -0.3 is 4.90 Å². The standard InChI is InChI=1S/C18H14Br3N3O/c1-10-14-8-16(21)15(20)6-11(14)4-5-23(10)18(25)17-7-13-3-2-12(19)9-24(13)22-17/h2-3,6-10H,4-5H2,1H3. The van der Waals surface area contributed by atoms with Gasteiger partial charge in [0.15, 0.2) is 5.69 Å². The number of carbonyl (C=O) groups excluding carboxylic acids is 1. The van der Waals surface area contributed by atoms with Gasteiger partial charge >= 0.3 is 0 Å². The Morgan fingerprint density at radius 2 is 1.92 bits per heavy atom. The molecule has 1 amide bonds. The van der Waals surface area contributed by atoms with E-state index in [9.17, 15) is 4.79 Å². The summed E-state index contributed by atoms with van der Waals surface area (Å²) < 4.78 is 4.71. The third kappa shape index (κ3) is 3.06. The van der Waals surface area contributed by atoms with E-state index >= 15 is 0 Å². The number of fused-ring (bicyclic) bond motifs is 2. The Hall–Kier alpha value is -1.18. The fourth-order valence-corrected chi connectivity index (χ4v) is 4.38. The van der Waals surface area contributed by atoms with Crippen molar-refractivity contribution >= 4 is 59.2 Å². The van der Waals surface area contributed by atoms with E-state index in [0.29, 0.717) is 12.2 Å². The number of hydrogen-bond donors (Lipinski definition) is 0. The molecule has 1 atom stereocenters. The highest BCUT2D eigenvalue weighted by atomic mass is 79.9. The van der Waals surface area contributed by atoms with Gasteiger partial charge in [-0.15, -0.1) is 0 Å². The normalized spacial score (nSPS) is 17.0. The number of pyridine rings is 1. The first kappa shape index (κ1) is 17.2. The van der Waals surface area contributed by atoms with Crippen LogP contribution < -0.4 is 0 Å². The number of hydrogen-bond acceptors (Lipinski definition) is 2. The fourth-order valence-electron chi connectivity index (χ4n) is 3.30. The maximum Gasteiger partial charge on any atom is 0.274 e. The minimum absolute atomic E-state index is 0.0113. The molecular weight excluding hydrogens is 514 g/mol. The van der Waals surface area contributed by atoms with Gasteiger partial charge in [-0.05, 0) is 103 Å². The van der Waals surface area contributed by atoms with E-state index in [0.717, 1.165) is 25.4 Å². The van der Waals surface area contributed by atoms with Gasteiger partial charge in [0.2, 0.25) is 0 Å². The molecule has 0 fully saturated rings. The molecule has 0 radical (unpaired) electrons. The molecule has 0 aliphatic carbocycles. The third-order valence-corrected chi connectivity index (χ3v) is 6.94. The molecule has 7 heteroatoms. The Kier molecular flexibility index (Phi) is 4.50. The topological polar surface area (TPSA) is 37.6 Å². The molecule has 3 heterocycles. The zero-order chi connectivity index (χ0) is 17.7. The molecule has 3 aromatic rings. The SMILES string of the molecule is CC1c2cc(Br)c(Br)cc2CCN1C(=O)c1cc2ccc(Br)cn2n1. The monoisotopic (exact) mass is 525 g/mol. The fraction of sp³-hybridized carbons (Fsp3) is 0.222. The smallest absolute Gasteiger partial charge is 0.274 e. The van der Waals surface area contributed by atoms with E-state index in [1.54, 1.807) is 4.52 Å². The first-order chi connectivity index (χ1) is 11.9. The second-order valence-corrected chi connectivity index (χ2v) is 8.76. The molecule has 0 saturated heterocycles. The summed E-state index contributed by atoms with van der Waals surface area (Å²) >= 11 is 10.6. The molecule has 0 spiro atoms. The van der Waals surface area contributed by atoms with Crippen molar-refractivity contribution < 1.29 is 4.79 Å². The van der Waals surface area contributed by atoms with Gasteiger partial charge in [-0.2, -0.15) is 5.10 Å². The highest BCUT2D eigenvalue weighted by Crippen LogP contribution is 2.36. The Morgan fingerprint density at radius 3 is 2.72 bits per heavy atom. The number of rotatable bonds is 1. The summed E-state index contributed by atoms with van der Waals surface area (Å²) in [6, 6.07) is 9.98. The summed E-state index contributed by atoms with van der Waals surface area (Å²) in [5, 5.41) is 4.45. The summed E-state index contributed by atoms with van der Waals surface area (Å²) in [7, 11) is 0. The van der Waals surface area contributed by atoms with E-state index < -0.39 is 0 Å². The summed E-state index contributed by atoms with van der Waals surface area (Å²) in [4.78, 5) is 14.9. The van der Waals surface area contributed by atoms with Crippen LogP contribution >= 0.6 is 47.8 Å². The Morgan fingerprint density at radius 1 is 1.16 bits per heavy atom. The predicted molar refractivity (Wildman–Crippen MR) is 108 cm³/mol. The molecule has 0 saturated carbocycles. The van der Waals surface area contributed by atoms with Crippen molar-refractivity contribution in [2.75, 3.05) is 6.54 Å². The van der Waals surface area contributed by atoms with Crippen molar-refractivity contribution in [2.45, 2.75) is 19.4 Å². The van der Waals surface area contributed by atoms with E-state index in [1.807, 2.05) is 29.3 Å². The van der Waals surface area contributed by atoms with Crippen LogP contribution in [0.15, 0.2) is 49.9 Å². The summed E-state index contributed by atoms with van der Waals surface area (Å²) in [6.45, 7) is 2.77. The van der Waals surface area contributed by atoms with Crippen LogP contribution in [0.1, 0.15) is 34.6 Å². The van der Waals surface area contributed by atoms with Crippen molar-refractivity contribution in [1.82, 2.24) is 14.5 Å². The van der Waals surface area contributed by atoms with Crippen LogP contribution in [0.3, 0.4) is 0 Å². The second kappa shape index (κ2) is 6.52. The number of halogens is 3. The first-order valence-corrected chi connectivity index (χ1v) is 10.3. The lowest BCUT2D eigenvalue weighted by Gasteiger charge is -2.35. The van der Waals surface area contributed by atoms with Crippen LogP contribution in [0.4, 0.5) is 0 Å². The second-order valence-electron chi connectivity index (χ2n) is 6.14. The maximum atomic E-state index is 13.0. The minimum atomic E-state index is -0.0305. The van der Waals surface area contributed by atoms with Crippen LogP contribution in [0.5, 0.6) is 0 Å². The Bertz CT molecular complexity index is 999. The van der Waals surface area contributed by atoms with E-state index in [1.165, 1.54) is 11.1 Å². The van der Waals surface area contributed by atoms with Gasteiger partial charge in [0.1, 0.15) is 0 Å². The minimum Gasteiger partial charge on any atom is -0.330 e. The number of aromatic nitrogens is 2. The molecule has 1 aromatic carbocycles. The highest BCUT2D eigenvalue weighted by molar-refractivity contribution is 9.13. The van der Waals surface area contributed by atoms with Crippen LogP contribution in [0.25, 0.3) is 5.52 Å². The van der Waals surface area contributed by atoms with Crippen LogP contribution in [0, 0.1) is 0 Å². The molecular formula is C18H14Br3N3O. The number of benzene rings is 1. The Labute approximate surface area is 170 Å². The Balaban J connectivity index is 1.68. The average molecular weight is 528 g/mol. The van der Waals surface area contributed by atoms with Crippen molar-refractivity contribution in [2.24, 2.45) is 0 Å². The lowest BCUT2D eigenvalue weighted by atomic mass is 9.93. The zero-order valence-electron chi connectivity index (χ0n) is 13.3. The van der Waals surface area contributed by atoms with E-state index in [-0.39, 0.29) is 11.9 Å². The molecule has 4 rings (SSSR count). The first-order valence-electron chi connectivity index (χ1n) is 7.88. The number of carbonyl (C=O) groups is 1. The van der Waals surface area contributed by atoms with Gasteiger partial charge in [-0.1, -0.05) is 0 Å². The zero-order valence-corrected chi connectivity index (χ0v) is 18.1. The van der Waals surface area contributed by atoms with E-state index in [2.05, 4.69) is 71.9 Å². The molecule has 0 bridgehead atoms. The van der Waals surface area contributed by atoms with Crippen LogP contribution in [-0.4, -0.2) is 27.0 Å². The van der Waals surface area contributed by atoms with Crippen molar-refractivity contribution in [3.63, 3.8) is 0 Å². The van der Waals surface area contributed by atoms with E-state index in [4.69, 9.17) is 0 Å². The molecule has 0 N–H and O–H groups in total. The van der Waals surface area contributed by atoms with Gasteiger partial charge in [-0.25, -0.2) is 4.52 Å². The van der Waals surface area contributed by atoms with Gasteiger partial charge in [0.05, 0.1) is 11.6 Å². The van der Waals surface area contributed by atoms with Crippen molar-refractivity contribution in [3.8, 4) is 0 Å². The number of amides is 1. The molecule has 2 aromatic heterocycles. The summed E-state index contributed by atoms with van der Waals surface area (Å²) in [5.74, 6) is -0.0305. The lowest BCUT2D eigenvalue weighted by molar-refractivity contribution is 0.0671. The van der Waals surface area contributed by atoms with Gasteiger partial charge in [0, 0.05) is 26.2 Å². The summed E-state index contributed by atoms with van der Waals surface area (Å²) in [6.07, 6.45) is 2.70. The number of nitrogens with zero attached hydrogens (tertiary/aromatic N) is 3. The molecule has 128 valence electrons. The van der Waals surface area contributed by atoms with Gasteiger partial charge in [-0.3, -0.25) is 4.79 Å². The maximum absolute atomic E-state index is 13.0. The van der Waals surface area contributed by atoms with Gasteiger partial charge in [0.25, 0.3) is 5.91 Å². The van der Waals surface area contributed by atoms with Crippen molar-refractivity contribution in [1.29, 1.82) is 0 Å². The molecule has 1 aliphatic heterocycles. The molecule has 4 nitrogen and oxygen atoms in total. The predicted octanol–water partition coefficient (Wildman–Crippen LogP) is 5.38. The highest BCUT2D eigenvalue weighted by Gasteiger charge is 2.30. The molecule has 1 aliphatic rings. The quantitative estimate of drug-likeness (QED) is 0.426.